The van der Waals surface area contributed by atoms with Gasteiger partial charge in [-0.3, -0.25) is 9.59 Å². The van der Waals surface area contributed by atoms with Crippen molar-refractivity contribution in [3.05, 3.63) is 11.6 Å². The number of carbonyl (C=O) groups excluding carboxylic acids is 2. The third kappa shape index (κ3) is 2.91. The highest BCUT2D eigenvalue weighted by atomic mass is 16.5. The lowest BCUT2D eigenvalue weighted by molar-refractivity contribution is -0.149. The first-order valence-corrected chi connectivity index (χ1v) is 11.6. The Morgan fingerprint density at radius 3 is 2.54 bits per heavy atom. The number of hydrogen-bond donors (Lipinski definition) is 0. The van der Waals surface area contributed by atoms with Crippen LogP contribution in [-0.4, -0.2) is 17.9 Å². The fraction of sp³-hybridized carbons (Fsp3) is 0.840. The molecule has 0 aromatic rings. The lowest BCUT2D eigenvalue weighted by Crippen LogP contribution is -2.51. The molecule has 3 saturated carbocycles. The normalized spacial score (nSPS) is 47.4. The van der Waals surface area contributed by atoms with Crippen molar-refractivity contribution in [2.45, 2.75) is 92.1 Å². The van der Waals surface area contributed by atoms with Crippen LogP contribution in [0.2, 0.25) is 0 Å². The van der Waals surface area contributed by atoms with E-state index >= 15 is 0 Å². The first-order valence-electron chi connectivity index (χ1n) is 11.6. The lowest BCUT2D eigenvalue weighted by Gasteiger charge is -2.58. The summed E-state index contributed by atoms with van der Waals surface area (Å²) in [6.07, 6.45) is 11.6. The number of fused-ring (bicyclic) bond motifs is 5. The second-order valence-electron chi connectivity index (χ2n) is 10.8. The van der Waals surface area contributed by atoms with Gasteiger partial charge in [-0.15, -0.1) is 0 Å². The topological polar surface area (TPSA) is 43.4 Å². The van der Waals surface area contributed by atoms with E-state index in [1.165, 1.54) is 26.2 Å². The number of rotatable bonds is 3. The molecule has 0 N–H and O–H groups in total. The van der Waals surface area contributed by atoms with Crippen molar-refractivity contribution < 1.29 is 14.3 Å². The monoisotopic (exact) mass is 386 g/mol. The first-order chi connectivity index (χ1) is 13.2. The van der Waals surface area contributed by atoms with Gasteiger partial charge in [-0.2, -0.15) is 0 Å². The van der Waals surface area contributed by atoms with Crippen LogP contribution >= 0.6 is 0 Å². The van der Waals surface area contributed by atoms with E-state index in [9.17, 15) is 9.59 Å². The molecule has 3 heteroatoms. The highest BCUT2D eigenvalue weighted by Crippen LogP contribution is 2.67. The van der Waals surface area contributed by atoms with Crippen LogP contribution in [0, 0.1) is 40.4 Å². The first kappa shape index (κ1) is 20.2. The van der Waals surface area contributed by atoms with Gasteiger partial charge >= 0.3 is 5.97 Å². The van der Waals surface area contributed by atoms with Gasteiger partial charge in [0.15, 0.2) is 0 Å². The molecular formula is C25H38O3. The van der Waals surface area contributed by atoms with Crippen molar-refractivity contribution in [2.75, 3.05) is 0 Å². The van der Waals surface area contributed by atoms with Gasteiger partial charge in [0.05, 0.1) is 0 Å². The molecule has 28 heavy (non-hydrogen) atoms. The van der Waals surface area contributed by atoms with E-state index in [-0.39, 0.29) is 28.8 Å². The number of esters is 1. The number of ether oxygens (including phenoxy) is 1. The van der Waals surface area contributed by atoms with Gasteiger partial charge in [0.25, 0.3) is 0 Å². The Morgan fingerprint density at radius 2 is 1.89 bits per heavy atom. The van der Waals surface area contributed by atoms with E-state index in [1.54, 1.807) is 5.57 Å². The van der Waals surface area contributed by atoms with E-state index in [0.29, 0.717) is 17.6 Å². The molecule has 0 unspecified atom stereocenters. The third-order valence-corrected chi connectivity index (χ3v) is 9.53. The summed E-state index contributed by atoms with van der Waals surface area (Å²) in [5, 5.41) is 0. The molecule has 0 aliphatic heterocycles. The Bertz CT molecular complexity index is 694. The summed E-state index contributed by atoms with van der Waals surface area (Å²) in [4.78, 5) is 24.0. The Labute approximate surface area is 170 Å². The maximum Gasteiger partial charge on any atom is 0.302 e. The van der Waals surface area contributed by atoms with E-state index in [4.69, 9.17) is 4.74 Å². The van der Waals surface area contributed by atoms with Crippen LogP contribution in [0.25, 0.3) is 0 Å². The van der Waals surface area contributed by atoms with Gasteiger partial charge in [-0.05, 0) is 80.0 Å². The Hall–Kier alpha value is -1.12. The summed E-state index contributed by atoms with van der Waals surface area (Å²) >= 11 is 0. The summed E-state index contributed by atoms with van der Waals surface area (Å²) in [5.74, 6) is 3.25. The maximum absolute atomic E-state index is 12.6. The quantitative estimate of drug-likeness (QED) is 0.460. The molecule has 4 aliphatic carbocycles. The molecule has 3 nitrogen and oxygen atoms in total. The Morgan fingerprint density at radius 1 is 1.14 bits per heavy atom. The zero-order valence-corrected chi connectivity index (χ0v) is 18.4. The molecule has 0 spiro atoms. The summed E-state index contributed by atoms with van der Waals surface area (Å²) < 4.78 is 5.56. The molecule has 0 bridgehead atoms. The zero-order chi connectivity index (χ0) is 20.3. The minimum Gasteiger partial charge on any atom is -0.462 e. The second kappa shape index (κ2) is 6.99. The zero-order valence-electron chi connectivity index (χ0n) is 18.4. The number of allylic oxidation sites excluding steroid dienone is 1. The van der Waals surface area contributed by atoms with Crippen LogP contribution in [0.4, 0.5) is 0 Å². The standard InChI is InChI=1S/C25H38O3/c1-6-17-13-22-20-8-7-18-14-19(28-16(3)27)9-11-24(18,4)21(20)10-12-25(22,5)23(17)15(2)26/h7,17,19-23H,6,8-14H2,1-5H3/t17-,19-,20-,21+,22+,23+,24-,25-/m0/s1. The molecule has 8 atom stereocenters. The molecule has 0 heterocycles. The van der Waals surface area contributed by atoms with E-state index < -0.39 is 0 Å². The van der Waals surface area contributed by atoms with Gasteiger partial charge in [0.2, 0.25) is 0 Å². The smallest absolute Gasteiger partial charge is 0.302 e. The van der Waals surface area contributed by atoms with Crippen LogP contribution in [0.5, 0.6) is 0 Å². The summed E-state index contributed by atoms with van der Waals surface area (Å²) in [7, 11) is 0. The van der Waals surface area contributed by atoms with Crippen LogP contribution < -0.4 is 0 Å². The van der Waals surface area contributed by atoms with Crippen LogP contribution in [0.3, 0.4) is 0 Å². The van der Waals surface area contributed by atoms with Gasteiger partial charge < -0.3 is 4.74 Å². The summed E-state index contributed by atoms with van der Waals surface area (Å²) in [5.41, 5.74) is 2.00. The minimum atomic E-state index is -0.150. The average Bonchev–Trinajstić information content (AvgIpc) is 2.94. The molecule has 0 amide bonds. The summed E-state index contributed by atoms with van der Waals surface area (Å²) in [6, 6.07) is 0. The van der Waals surface area contributed by atoms with Gasteiger partial charge in [0, 0.05) is 19.3 Å². The fourth-order valence-electron chi connectivity index (χ4n) is 8.34. The SMILES string of the molecule is CC[C@H]1C[C@@H]2[C@H]3CC=C4C[C@@H](OC(C)=O)CC[C@]4(C)[C@@H]3CC[C@]2(C)[C@@H]1C(C)=O. The average molecular weight is 387 g/mol. The molecule has 4 aliphatic rings. The Kier molecular flexibility index (Phi) is 5.03. The van der Waals surface area contributed by atoms with Crippen molar-refractivity contribution in [1.29, 1.82) is 0 Å². The highest BCUT2D eigenvalue weighted by molar-refractivity contribution is 5.80. The van der Waals surface area contributed by atoms with Crippen LogP contribution in [-0.2, 0) is 14.3 Å². The molecular weight excluding hydrogens is 348 g/mol. The van der Waals surface area contributed by atoms with Gasteiger partial charge in [-0.25, -0.2) is 0 Å². The molecule has 0 saturated heterocycles. The Balaban J connectivity index is 1.61. The van der Waals surface area contributed by atoms with E-state index in [0.717, 1.165) is 43.9 Å². The number of hydrogen-bond acceptors (Lipinski definition) is 3. The van der Waals surface area contributed by atoms with Gasteiger partial charge in [-0.1, -0.05) is 38.8 Å². The van der Waals surface area contributed by atoms with Crippen molar-refractivity contribution in [3.8, 4) is 0 Å². The number of Topliss-reactive ketones (excluding diaryl/α,β-unsaturated/α-hetero) is 1. The molecule has 4 rings (SSSR count). The van der Waals surface area contributed by atoms with Crippen molar-refractivity contribution in [3.63, 3.8) is 0 Å². The van der Waals surface area contributed by atoms with Crippen molar-refractivity contribution >= 4 is 11.8 Å². The molecule has 0 aromatic heterocycles. The lowest BCUT2D eigenvalue weighted by atomic mass is 9.47. The fourth-order valence-corrected chi connectivity index (χ4v) is 8.34. The van der Waals surface area contributed by atoms with Crippen molar-refractivity contribution in [1.82, 2.24) is 0 Å². The van der Waals surface area contributed by atoms with Crippen LogP contribution in [0.1, 0.15) is 86.0 Å². The molecule has 3 fully saturated rings. The maximum atomic E-state index is 12.6. The van der Waals surface area contributed by atoms with Gasteiger partial charge in [0.1, 0.15) is 11.9 Å². The number of ketones is 1. The molecule has 0 radical (unpaired) electrons. The highest BCUT2D eigenvalue weighted by Gasteiger charge is 2.61. The van der Waals surface area contributed by atoms with Crippen LogP contribution in [0.15, 0.2) is 11.6 Å². The summed E-state index contributed by atoms with van der Waals surface area (Å²) in [6.45, 7) is 10.6. The van der Waals surface area contributed by atoms with Crippen molar-refractivity contribution in [2.24, 2.45) is 40.4 Å². The number of carbonyl (C=O) groups is 2. The molecule has 156 valence electrons. The minimum absolute atomic E-state index is 0.0697. The third-order valence-electron chi connectivity index (χ3n) is 9.53. The predicted molar refractivity (Wildman–Crippen MR) is 111 cm³/mol. The second-order valence-corrected chi connectivity index (χ2v) is 10.8. The largest absolute Gasteiger partial charge is 0.462 e. The van der Waals surface area contributed by atoms with E-state index in [1.807, 2.05) is 6.92 Å². The molecule has 0 aromatic carbocycles. The van der Waals surface area contributed by atoms with E-state index in [2.05, 4.69) is 26.8 Å². The predicted octanol–water partition coefficient (Wildman–Crippen LogP) is 5.72.